The molecule has 0 unspecified atom stereocenters. The molecule has 0 amide bonds. The van der Waals surface area contributed by atoms with Crippen LogP contribution in [0.5, 0.6) is 11.5 Å². The van der Waals surface area contributed by atoms with Gasteiger partial charge in [0, 0.05) is 19.2 Å². The number of fused-ring (bicyclic) bond motifs is 1. The minimum absolute atomic E-state index is 0.211. The smallest absolute Gasteiger partial charge is 0.449 e. The van der Waals surface area contributed by atoms with Gasteiger partial charge < -0.3 is 14.0 Å². The average Bonchev–Trinajstić information content (AvgIpc) is 2.64. The third-order valence-corrected chi connectivity index (χ3v) is 2.64. The Morgan fingerprint density at radius 3 is 2.17 bits per heavy atom. The van der Waals surface area contributed by atoms with Gasteiger partial charge in [-0.05, 0) is 0 Å². The molecule has 0 saturated heterocycles. The first-order valence-electron chi connectivity index (χ1n) is 5.04. The molecule has 0 saturated carbocycles. The van der Waals surface area contributed by atoms with E-state index in [4.69, 9.17) is 9.47 Å². The molecule has 18 heavy (non-hydrogen) atoms. The number of imidazole rings is 1. The van der Waals surface area contributed by atoms with Gasteiger partial charge in [-0.3, -0.25) is 0 Å². The van der Waals surface area contributed by atoms with Crippen LogP contribution in [0.25, 0.3) is 11.0 Å². The SMILES string of the molecule is COc1cc2nc(C(F)(F)F)n(C)c2cc1OC. The Morgan fingerprint density at radius 2 is 1.67 bits per heavy atom. The molecule has 0 bridgehead atoms. The highest BCUT2D eigenvalue weighted by Crippen LogP contribution is 2.35. The summed E-state index contributed by atoms with van der Waals surface area (Å²) in [6, 6.07) is 2.89. The number of ether oxygens (including phenoxy) is 2. The van der Waals surface area contributed by atoms with Crippen molar-refractivity contribution in [1.82, 2.24) is 9.55 Å². The summed E-state index contributed by atoms with van der Waals surface area (Å²) >= 11 is 0. The molecule has 0 spiro atoms. The lowest BCUT2D eigenvalue weighted by Gasteiger charge is -2.08. The van der Waals surface area contributed by atoms with Crippen LogP contribution in [0.3, 0.4) is 0 Å². The first-order valence-corrected chi connectivity index (χ1v) is 5.04. The Kier molecular flexibility index (Phi) is 2.84. The molecular formula is C11H11F3N2O2. The quantitative estimate of drug-likeness (QED) is 0.832. The highest BCUT2D eigenvalue weighted by molar-refractivity contribution is 5.80. The van der Waals surface area contributed by atoms with Crippen molar-refractivity contribution >= 4 is 11.0 Å². The van der Waals surface area contributed by atoms with Crippen molar-refractivity contribution in [1.29, 1.82) is 0 Å². The predicted octanol–water partition coefficient (Wildman–Crippen LogP) is 2.61. The van der Waals surface area contributed by atoms with Crippen LogP contribution in [0.1, 0.15) is 5.82 Å². The van der Waals surface area contributed by atoms with Crippen molar-refractivity contribution in [2.75, 3.05) is 14.2 Å². The monoisotopic (exact) mass is 260 g/mol. The van der Waals surface area contributed by atoms with E-state index in [2.05, 4.69) is 4.98 Å². The van der Waals surface area contributed by atoms with Gasteiger partial charge in [0.1, 0.15) is 0 Å². The second-order valence-corrected chi connectivity index (χ2v) is 3.69. The number of hydrogen-bond acceptors (Lipinski definition) is 3. The van der Waals surface area contributed by atoms with E-state index in [0.29, 0.717) is 17.0 Å². The highest BCUT2D eigenvalue weighted by atomic mass is 19.4. The summed E-state index contributed by atoms with van der Waals surface area (Å²) in [7, 11) is 4.14. The molecule has 0 aliphatic carbocycles. The number of rotatable bonds is 2. The van der Waals surface area contributed by atoms with Crippen LogP contribution in [0.15, 0.2) is 12.1 Å². The lowest BCUT2D eigenvalue weighted by molar-refractivity contribution is -0.146. The molecule has 4 nitrogen and oxygen atoms in total. The Balaban J connectivity index is 2.73. The highest BCUT2D eigenvalue weighted by Gasteiger charge is 2.36. The zero-order valence-corrected chi connectivity index (χ0v) is 10.00. The third-order valence-electron chi connectivity index (χ3n) is 2.64. The van der Waals surface area contributed by atoms with E-state index in [9.17, 15) is 13.2 Å². The summed E-state index contributed by atoms with van der Waals surface area (Å²) in [5, 5.41) is 0. The van der Waals surface area contributed by atoms with Crippen LogP contribution < -0.4 is 9.47 Å². The molecule has 0 fully saturated rings. The van der Waals surface area contributed by atoms with Crippen LogP contribution in [0, 0.1) is 0 Å². The standard InChI is InChI=1S/C11H11F3N2O2/c1-16-7-5-9(18-3)8(17-2)4-6(7)15-10(16)11(12,13)14/h4-5H,1-3H3. The van der Waals surface area contributed by atoms with Crippen LogP contribution in [-0.2, 0) is 13.2 Å². The molecule has 98 valence electrons. The predicted molar refractivity (Wildman–Crippen MR) is 58.8 cm³/mol. The molecule has 0 aliphatic rings. The lowest BCUT2D eigenvalue weighted by Crippen LogP contribution is -2.12. The van der Waals surface area contributed by atoms with E-state index in [1.54, 1.807) is 0 Å². The Morgan fingerprint density at radius 1 is 1.11 bits per heavy atom. The minimum atomic E-state index is -4.49. The first-order chi connectivity index (χ1) is 8.38. The molecule has 1 aromatic heterocycles. The number of nitrogens with zero attached hydrogens (tertiary/aromatic N) is 2. The number of aryl methyl sites for hydroxylation is 1. The van der Waals surface area contributed by atoms with Gasteiger partial charge in [0.2, 0.25) is 5.82 Å². The summed E-state index contributed by atoms with van der Waals surface area (Å²) in [5.74, 6) is -0.244. The number of hydrogen-bond donors (Lipinski definition) is 0. The summed E-state index contributed by atoms with van der Waals surface area (Å²) in [6.45, 7) is 0. The van der Waals surface area contributed by atoms with Crippen molar-refractivity contribution in [3.05, 3.63) is 18.0 Å². The summed E-state index contributed by atoms with van der Waals surface area (Å²) in [4.78, 5) is 3.57. The van der Waals surface area contributed by atoms with E-state index >= 15 is 0 Å². The second kappa shape index (κ2) is 4.08. The number of halogens is 3. The van der Waals surface area contributed by atoms with Crippen LogP contribution in [-0.4, -0.2) is 23.8 Å². The number of aromatic nitrogens is 2. The van der Waals surface area contributed by atoms with Gasteiger partial charge in [-0.25, -0.2) is 4.98 Å². The molecule has 7 heteroatoms. The van der Waals surface area contributed by atoms with Crippen LogP contribution in [0.4, 0.5) is 13.2 Å². The molecule has 0 aliphatic heterocycles. The topological polar surface area (TPSA) is 36.3 Å². The maximum atomic E-state index is 12.7. The van der Waals surface area contributed by atoms with Crippen molar-refractivity contribution in [3.63, 3.8) is 0 Å². The molecule has 0 N–H and O–H groups in total. The van der Waals surface area contributed by atoms with Gasteiger partial charge in [-0.1, -0.05) is 0 Å². The van der Waals surface area contributed by atoms with Crippen LogP contribution in [0.2, 0.25) is 0 Å². The Labute approximate surface area is 101 Å². The van der Waals surface area contributed by atoms with Gasteiger partial charge >= 0.3 is 6.18 Å². The maximum Gasteiger partial charge on any atom is 0.449 e. The van der Waals surface area contributed by atoms with E-state index in [-0.39, 0.29) is 5.52 Å². The first kappa shape index (κ1) is 12.5. The maximum absolute atomic E-state index is 12.7. The van der Waals surface area contributed by atoms with Crippen molar-refractivity contribution < 1.29 is 22.6 Å². The van der Waals surface area contributed by atoms with Crippen LogP contribution >= 0.6 is 0 Å². The molecule has 0 atom stereocenters. The fourth-order valence-corrected chi connectivity index (χ4v) is 1.77. The minimum Gasteiger partial charge on any atom is -0.493 e. The lowest BCUT2D eigenvalue weighted by atomic mass is 10.2. The van der Waals surface area contributed by atoms with Crippen molar-refractivity contribution in [2.24, 2.45) is 7.05 Å². The zero-order valence-electron chi connectivity index (χ0n) is 10.00. The van der Waals surface area contributed by atoms with E-state index < -0.39 is 12.0 Å². The Hall–Kier alpha value is -1.92. The summed E-state index contributed by atoms with van der Waals surface area (Å²) in [6.07, 6.45) is -4.49. The average molecular weight is 260 g/mol. The number of benzene rings is 1. The molecule has 2 rings (SSSR count). The van der Waals surface area contributed by atoms with E-state index in [1.807, 2.05) is 0 Å². The summed E-state index contributed by atoms with van der Waals surface area (Å²) in [5.41, 5.74) is 0.544. The molecular weight excluding hydrogens is 249 g/mol. The summed E-state index contributed by atoms with van der Waals surface area (Å²) < 4.78 is 49.2. The van der Waals surface area contributed by atoms with E-state index in [0.717, 1.165) is 4.57 Å². The van der Waals surface area contributed by atoms with Gasteiger partial charge in [0.15, 0.2) is 11.5 Å². The van der Waals surface area contributed by atoms with Gasteiger partial charge in [-0.15, -0.1) is 0 Å². The van der Waals surface area contributed by atoms with Crippen molar-refractivity contribution in [3.8, 4) is 11.5 Å². The third kappa shape index (κ3) is 1.85. The fraction of sp³-hybridized carbons (Fsp3) is 0.364. The molecule has 0 radical (unpaired) electrons. The molecule has 2 aromatic rings. The van der Waals surface area contributed by atoms with Gasteiger partial charge in [-0.2, -0.15) is 13.2 Å². The normalized spacial score (nSPS) is 11.9. The zero-order chi connectivity index (χ0) is 13.5. The fourth-order valence-electron chi connectivity index (χ4n) is 1.77. The van der Waals surface area contributed by atoms with Gasteiger partial charge in [0.25, 0.3) is 0 Å². The number of alkyl halides is 3. The Bertz CT molecular complexity index is 590. The number of methoxy groups -OCH3 is 2. The van der Waals surface area contributed by atoms with Gasteiger partial charge in [0.05, 0.1) is 25.3 Å². The molecule has 1 aromatic carbocycles. The second-order valence-electron chi connectivity index (χ2n) is 3.69. The largest absolute Gasteiger partial charge is 0.493 e. The molecule has 1 heterocycles. The van der Waals surface area contributed by atoms with E-state index in [1.165, 1.54) is 33.4 Å². The van der Waals surface area contributed by atoms with Crippen molar-refractivity contribution in [2.45, 2.75) is 6.18 Å².